The van der Waals surface area contributed by atoms with Crippen LogP contribution in [0.3, 0.4) is 0 Å². The average molecular weight is 272 g/mol. The van der Waals surface area contributed by atoms with E-state index >= 15 is 0 Å². The van der Waals surface area contributed by atoms with Crippen LogP contribution in [0.5, 0.6) is 0 Å². The number of ether oxygens (including phenoxy) is 1. The first-order valence-corrected chi connectivity index (χ1v) is 6.43. The number of hydrogen-bond donors (Lipinski definition) is 2. The molecule has 0 saturated heterocycles. The number of carboxylic acids is 1. The SMILES string of the molecule is CC(C)OCCC(=O)NCc1nc(C(=O)O)cs1. The van der Waals surface area contributed by atoms with Crippen LogP contribution in [0.15, 0.2) is 5.38 Å². The van der Waals surface area contributed by atoms with Crippen molar-refractivity contribution in [2.75, 3.05) is 6.61 Å². The monoisotopic (exact) mass is 272 g/mol. The molecule has 0 fully saturated rings. The maximum atomic E-state index is 11.4. The molecule has 1 amide bonds. The lowest BCUT2D eigenvalue weighted by Gasteiger charge is -2.07. The number of carboxylic acid groups (broad SMARTS) is 1. The minimum atomic E-state index is -1.06. The second kappa shape index (κ2) is 7.07. The molecule has 6 nitrogen and oxygen atoms in total. The maximum absolute atomic E-state index is 11.4. The zero-order chi connectivity index (χ0) is 13.5. The summed E-state index contributed by atoms with van der Waals surface area (Å²) in [6, 6.07) is 0. The predicted octanol–water partition coefficient (Wildman–Crippen LogP) is 1.27. The van der Waals surface area contributed by atoms with Crippen molar-refractivity contribution in [3.8, 4) is 0 Å². The van der Waals surface area contributed by atoms with Gasteiger partial charge in [-0.1, -0.05) is 0 Å². The molecule has 1 heterocycles. The zero-order valence-electron chi connectivity index (χ0n) is 10.3. The van der Waals surface area contributed by atoms with Crippen molar-refractivity contribution < 1.29 is 19.4 Å². The van der Waals surface area contributed by atoms with Crippen molar-refractivity contribution in [2.45, 2.75) is 32.9 Å². The van der Waals surface area contributed by atoms with Crippen molar-refractivity contribution >= 4 is 23.2 Å². The Balaban J connectivity index is 2.27. The van der Waals surface area contributed by atoms with Crippen LogP contribution in [-0.2, 0) is 16.1 Å². The number of hydrogen-bond acceptors (Lipinski definition) is 5. The molecule has 0 bridgehead atoms. The molecule has 18 heavy (non-hydrogen) atoms. The van der Waals surface area contributed by atoms with Crippen LogP contribution in [0.25, 0.3) is 0 Å². The van der Waals surface area contributed by atoms with Crippen molar-refractivity contribution in [1.82, 2.24) is 10.3 Å². The van der Waals surface area contributed by atoms with E-state index in [-0.39, 0.29) is 30.7 Å². The summed E-state index contributed by atoms with van der Waals surface area (Å²) in [5.74, 6) is -1.20. The number of carbonyl (C=O) groups is 2. The normalized spacial score (nSPS) is 10.6. The van der Waals surface area contributed by atoms with Crippen LogP contribution < -0.4 is 5.32 Å². The van der Waals surface area contributed by atoms with Gasteiger partial charge in [-0.05, 0) is 13.8 Å². The molecule has 0 spiro atoms. The molecule has 1 rings (SSSR count). The molecule has 0 atom stereocenters. The number of carbonyl (C=O) groups excluding carboxylic acids is 1. The van der Waals surface area contributed by atoms with E-state index in [0.29, 0.717) is 11.6 Å². The number of thiazole rings is 1. The van der Waals surface area contributed by atoms with E-state index in [9.17, 15) is 9.59 Å². The summed E-state index contributed by atoms with van der Waals surface area (Å²) in [5.41, 5.74) is 0.00684. The van der Waals surface area contributed by atoms with Gasteiger partial charge in [-0.3, -0.25) is 4.79 Å². The van der Waals surface area contributed by atoms with Crippen molar-refractivity contribution in [3.63, 3.8) is 0 Å². The van der Waals surface area contributed by atoms with E-state index in [1.807, 2.05) is 13.8 Å². The molecular weight excluding hydrogens is 256 g/mol. The molecule has 0 aromatic carbocycles. The topological polar surface area (TPSA) is 88.5 Å². The summed E-state index contributed by atoms with van der Waals surface area (Å²) in [6.07, 6.45) is 0.393. The average Bonchev–Trinajstić information content (AvgIpc) is 2.74. The Morgan fingerprint density at radius 3 is 2.83 bits per heavy atom. The molecule has 0 radical (unpaired) electrons. The van der Waals surface area contributed by atoms with E-state index in [2.05, 4.69) is 10.3 Å². The molecule has 0 saturated carbocycles. The van der Waals surface area contributed by atoms with Crippen molar-refractivity contribution in [3.05, 3.63) is 16.1 Å². The van der Waals surface area contributed by atoms with Crippen molar-refractivity contribution in [1.29, 1.82) is 0 Å². The largest absolute Gasteiger partial charge is 0.476 e. The van der Waals surface area contributed by atoms with Crippen LogP contribution in [0.4, 0.5) is 0 Å². The molecule has 100 valence electrons. The molecule has 0 aliphatic carbocycles. The number of nitrogens with zero attached hydrogens (tertiary/aromatic N) is 1. The summed E-state index contributed by atoms with van der Waals surface area (Å²) < 4.78 is 5.25. The van der Waals surface area contributed by atoms with E-state index in [0.717, 1.165) is 0 Å². The first-order valence-electron chi connectivity index (χ1n) is 5.55. The minimum absolute atomic E-state index is 0.00684. The lowest BCUT2D eigenvalue weighted by molar-refractivity contribution is -0.122. The summed E-state index contributed by atoms with van der Waals surface area (Å²) in [7, 11) is 0. The summed E-state index contributed by atoms with van der Waals surface area (Å²) in [5, 5.41) is 13.4. The van der Waals surface area contributed by atoms with Crippen LogP contribution >= 0.6 is 11.3 Å². The maximum Gasteiger partial charge on any atom is 0.355 e. The fraction of sp³-hybridized carbons (Fsp3) is 0.545. The third-order valence-corrected chi connectivity index (χ3v) is 2.84. The van der Waals surface area contributed by atoms with Crippen molar-refractivity contribution in [2.24, 2.45) is 0 Å². The third-order valence-electron chi connectivity index (χ3n) is 1.99. The lowest BCUT2D eigenvalue weighted by atomic mass is 10.4. The molecular formula is C11H16N2O4S. The Labute approximate surface area is 109 Å². The minimum Gasteiger partial charge on any atom is -0.476 e. The van der Waals surface area contributed by atoms with Gasteiger partial charge in [0.15, 0.2) is 5.69 Å². The van der Waals surface area contributed by atoms with Crippen LogP contribution in [0.2, 0.25) is 0 Å². The van der Waals surface area contributed by atoms with Gasteiger partial charge in [0.2, 0.25) is 5.91 Å². The standard InChI is InChI=1S/C11H16N2O4S/c1-7(2)17-4-3-9(14)12-5-10-13-8(6-18-10)11(15)16/h6-7H,3-5H2,1-2H3,(H,12,14)(H,15,16). The zero-order valence-corrected chi connectivity index (χ0v) is 11.1. The summed E-state index contributed by atoms with van der Waals surface area (Å²) in [6.45, 7) is 4.43. The Kier molecular flexibility index (Phi) is 5.73. The fourth-order valence-electron chi connectivity index (χ4n) is 1.14. The van der Waals surface area contributed by atoms with Gasteiger partial charge >= 0.3 is 5.97 Å². The highest BCUT2D eigenvalue weighted by atomic mass is 32.1. The highest BCUT2D eigenvalue weighted by molar-refractivity contribution is 7.09. The van der Waals surface area contributed by atoms with Gasteiger partial charge in [0.25, 0.3) is 0 Å². The Hall–Kier alpha value is -1.47. The highest BCUT2D eigenvalue weighted by Gasteiger charge is 2.09. The Bertz CT molecular complexity index is 417. The van der Waals surface area contributed by atoms with Crippen LogP contribution in [-0.4, -0.2) is 34.7 Å². The van der Waals surface area contributed by atoms with E-state index in [1.165, 1.54) is 16.7 Å². The van der Waals surface area contributed by atoms with Gasteiger partial charge in [-0.25, -0.2) is 9.78 Å². The molecule has 0 aliphatic heterocycles. The van der Waals surface area contributed by atoms with Gasteiger partial charge in [-0.15, -0.1) is 11.3 Å². The van der Waals surface area contributed by atoms with Gasteiger partial charge in [0, 0.05) is 11.8 Å². The van der Waals surface area contributed by atoms with E-state index in [1.54, 1.807) is 0 Å². The van der Waals surface area contributed by atoms with E-state index in [4.69, 9.17) is 9.84 Å². The molecule has 1 aromatic heterocycles. The van der Waals surface area contributed by atoms with Crippen LogP contribution in [0, 0.1) is 0 Å². The van der Waals surface area contributed by atoms with E-state index < -0.39 is 5.97 Å². The second-order valence-electron chi connectivity index (χ2n) is 3.88. The number of nitrogens with one attached hydrogen (secondary N) is 1. The highest BCUT2D eigenvalue weighted by Crippen LogP contribution is 2.09. The van der Waals surface area contributed by atoms with Gasteiger partial charge in [-0.2, -0.15) is 0 Å². The molecule has 2 N–H and O–H groups in total. The quantitative estimate of drug-likeness (QED) is 0.780. The third kappa shape index (κ3) is 5.24. The number of aromatic nitrogens is 1. The van der Waals surface area contributed by atoms with Gasteiger partial charge < -0.3 is 15.2 Å². The number of amides is 1. The van der Waals surface area contributed by atoms with Gasteiger partial charge in [0.05, 0.1) is 19.3 Å². The predicted molar refractivity (Wildman–Crippen MR) is 66.6 cm³/mol. The van der Waals surface area contributed by atoms with Crippen LogP contribution in [0.1, 0.15) is 35.8 Å². The number of rotatable bonds is 7. The summed E-state index contributed by atoms with van der Waals surface area (Å²) >= 11 is 1.21. The molecule has 0 aliphatic rings. The smallest absolute Gasteiger partial charge is 0.355 e. The molecule has 0 unspecified atom stereocenters. The summed E-state index contributed by atoms with van der Waals surface area (Å²) in [4.78, 5) is 25.9. The molecule has 7 heteroatoms. The Morgan fingerprint density at radius 1 is 1.56 bits per heavy atom. The fourth-order valence-corrected chi connectivity index (χ4v) is 1.85. The lowest BCUT2D eigenvalue weighted by Crippen LogP contribution is -2.24. The van der Waals surface area contributed by atoms with Gasteiger partial charge in [0.1, 0.15) is 5.01 Å². The number of aromatic carboxylic acids is 1. The second-order valence-corrected chi connectivity index (χ2v) is 4.82. The first-order chi connectivity index (χ1) is 8.49. The molecule has 1 aromatic rings. The Morgan fingerprint density at radius 2 is 2.28 bits per heavy atom. The first kappa shape index (κ1) is 14.6.